The summed E-state index contributed by atoms with van der Waals surface area (Å²) < 4.78 is 28.1. The lowest BCUT2D eigenvalue weighted by Gasteiger charge is -2.34. The molecule has 0 saturated carbocycles. The monoisotopic (exact) mass is 371 g/mol. The van der Waals surface area contributed by atoms with Crippen LogP contribution in [-0.2, 0) is 14.1 Å². The lowest BCUT2D eigenvalue weighted by molar-refractivity contribution is -0.131. The summed E-state index contributed by atoms with van der Waals surface area (Å²) in [6, 6.07) is -0.501. The van der Waals surface area contributed by atoms with E-state index < -0.39 is 30.5 Å². The summed E-state index contributed by atoms with van der Waals surface area (Å²) in [5.41, 5.74) is -0.376. The van der Waals surface area contributed by atoms with E-state index >= 15 is 0 Å². The van der Waals surface area contributed by atoms with Gasteiger partial charge >= 0.3 is 7.12 Å². The summed E-state index contributed by atoms with van der Waals surface area (Å²) in [4.78, 5) is 12.9. The number of alkyl halides is 1. The van der Waals surface area contributed by atoms with Crippen LogP contribution in [0.15, 0.2) is 6.20 Å². The Morgan fingerprint density at radius 3 is 2.48 bits per heavy atom. The molecule has 0 radical (unpaired) electrons. The quantitative estimate of drug-likeness (QED) is 0.746. The maximum absolute atomic E-state index is 14.6. The molecule has 0 aromatic carbocycles. The van der Waals surface area contributed by atoms with Gasteiger partial charge in [0, 0.05) is 18.9 Å². The first-order chi connectivity index (χ1) is 11.5. The zero-order chi connectivity index (χ0) is 18.6. The second-order valence-electron chi connectivity index (χ2n) is 7.76. The molecule has 1 aromatic heterocycles. The van der Waals surface area contributed by atoms with Gasteiger partial charge in [0.2, 0.25) is 5.91 Å². The number of nitrogens with zero attached hydrogens (tertiary/aromatic N) is 3. The van der Waals surface area contributed by atoms with E-state index in [1.807, 2.05) is 27.7 Å². The van der Waals surface area contributed by atoms with Crippen molar-refractivity contribution in [2.24, 2.45) is 0 Å². The number of amides is 1. The maximum Gasteiger partial charge on any atom is 0.499 e. The Morgan fingerprint density at radius 2 is 1.96 bits per heavy atom. The van der Waals surface area contributed by atoms with E-state index in [0.717, 1.165) is 0 Å². The lowest BCUT2D eigenvalue weighted by atomic mass is 9.81. The van der Waals surface area contributed by atoms with Gasteiger partial charge in [0.1, 0.15) is 11.3 Å². The Kier molecular flexibility index (Phi) is 4.67. The molecule has 25 heavy (non-hydrogen) atoms. The van der Waals surface area contributed by atoms with Crippen LogP contribution in [0.4, 0.5) is 4.39 Å². The van der Waals surface area contributed by atoms with Gasteiger partial charge in [0.15, 0.2) is 0 Å². The number of carbonyl (C=O) groups is 1. The third kappa shape index (κ3) is 3.20. The fourth-order valence-electron chi connectivity index (χ4n) is 3.17. The van der Waals surface area contributed by atoms with Crippen LogP contribution in [-0.4, -0.2) is 58.2 Å². The molecule has 1 amide bonds. The largest absolute Gasteiger partial charge is 0.499 e. The molecule has 9 heteroatoms. The van der Waals surface area contributed by atoms with Crippen LogP contribution in [0.1, 0.15) is 47.1 Å². The molecule has 2 unspecified atom stereocenters. The SMILES string of the molecule is CC(=O)N1CCC(n2ncc(B3OC(C)(C)C(C)(C)O3)c2Cl)C(F)C1. The van der Waals surface area contributed by atoms with E-state index in [1.54, 1.807) is 6.20 Å². The molecule has 2 aliphatic heterocycles. The molecule has 0 aliphatic carbocycles. The van der Waals surface area contributed by atoms with Crippen molar-refractivity contribution in [3.8, 4) is 0 Å². The molecular formula is C16H24BClFN3O3. The van der Waals surface area contributed by atoms with E-state index in [2.05, 4.69) is 5.10 Å². The highest BCUT2D eigenvalue weighted by Crippen LogP contribution is 2.37. The van der Waals surface area contributed by atoms with Gasteiger partial charge in [0.05, 0.1) is 30.0 Å². The summed E-state index contributed by atoms with van der Waals surface area (Å²) in [5.74, 6) is -0.120. The average molecular weight is 372 g/mol. The number of aromatic nitrogens is 2. The molecular weight excluding hydrogens is 347 g/mol. The molecule has 2 atom stereocenters. The zero-order valence-corrected chi connectivity index (χ0v) is 16.0. The number of carbonyl (C=O) groups excluding carboxylic acids is 1. The number of likely N-dealkylation sites (tertiary alicyclic amines) is 1. The molecule has 1 aromatic rings. The van der Waals surface area contributed by atoms with Crippen LogP contribution in [0.3, 0.4) is 0 Å². The number of hydrogen-bond donors (Lipinski definition) is 0. The van der Waals surface area contributed by atoms with Crippen LogP contribution in [0, 0.1) is 0 Å². The second-order valence-corrected chi connectivity index (χ2v) is 8.12. The van der Waals surface area contributed by atoms with E-state index in [4.69, 9.17) is 20.9 Å². The summed E-state index contributed by atoms with van der Waals surface area (Å²) in [5, 5.41) is 4.60. The van der Waals surface area contributed by atoms with Crippen LogP contribution < -0.4 is 5.46 Å². The maximum atomic E-state index is 14.6. The first-order valence-corrected chi connectivity index (χ1v) is 8.89. The number of piperidine rings is 1. The second kappa shape index (κ2) is 6.25. The van der Waals surface area contributed by atoms with Gasteiger partial charge < -0.3 is 14.2 Å². The van der Waals surface area contributed by atoms with Crippen molar-refractivity contribution in [3.05, 3.63) is 11.3 Å². The molecule has 0 N–H and O–H groups in total. The first-order valence-electron chi connectivity index (χ1n) is 8.51. The number of hydrogen-bond acceptors (Lipinski definition) is 4. The fourth-order valence-corrected chi connectivity index (χ4v) is 3.48. The topological polar surface area (TPSA) is 56.6 Å². The highest BCUT2D eigenvalue weighted by molar-refractivity contribution is 6.65. The van der Waals surface area contributed by atoms with Gasteiger partial charge in [0.25, 0.3) is 0 Å². The van der Waals surface area contributed by atoms with Crippen LogP contribution in [0.2, 0.25) is 5.15 Å². The van der Waals surface area contributed by atoms with Gasteiger partial charge in [-0.1, -0.05) is 11.6 Å². The molecule has 0 spiro atoms. The third-order valence-corrected chi connectivity index (χ3v) is 5.93. The first kappa shape index (κ1) is 18.7. The Hall–Kier alpha value is -1.12. The molecule has 2 aliphatic rings. The summed E-state index contributed by atoms with van der Waals surface area (Å²) in [7, 11) is -0.637. The van der Waals surface area contributed by atoms with Crippen LogP contribution in [0.5, 0.6) is 0 Å². The smallest absolute Gasteiger partial charge is 0.399 e. The zero-order valence-electron chi connectivity index (χ0n) is 15.3. The van der Waals surface area contributed by atoms with Crippen molar-refractivity contribution in [2.75, 3.05) is 13.1 Å². The van der Waals surface area contributed by atoms with Crippen molar-refractivity contribution in [2.45, 2.75) is 64.5 Å². The predicted molar refractivity (Wildman–Crippen MR) is 93.8 cm³/mol. The van der Waals surface area contributed by atoms with E-state index in [0.29, 0.717) is 23.6 Å². The molecule has 0 bridgehead atoms. The Morgan fingerprint density at radius 1 is 1.36 bits per heavy atom. The Labute approximate surface area is 152 Å². The molecule has 2 saturated heterocycles. The average Bonchev–Trinajstić information content (AvgIpc) is 2.96. The van der Waals surface area contributed by atoms with Crippen molar-refractivity contribution in [1.82, 2.24) is 14.7 Å². The minimum Gasteiger partial charge on any atom is -0.399 e. The molecule has 3 heterocycles. The minimum atomic E-state index is -1.22. The standard InChI is InChI=1S/C16H24BClFN3O3/c1-10(23)21-7-6-13(12(19)9-21)22-14(18)11(8-20-22)17-24-15(2,3)16(4,5)25-17/h8,12-13H,6-7,9H2,1-5H3. The van der Waals surface area contributed by atoms with E-state index in [1.165, 1.54) is 16.5 Å². The Bertz CT molecular complexity index is 666. The summed E-state index contributed by atoms with van der Waals surface area (Å²) in [6.45, 7) is 9.83. The van der Waals surface area contributed by atoms with Gasteiger partial charge in [-0.25, -0.2) is 9.07 Å². The van der Waals surface area contributed by atoms with Crippen molar-refractivity contribution in [1.29, 1.82) is 0 Å². The van der Waals surface area contributed by atoms with Crippen molar-refractivity contribution in [3.63, 3.8) is 0 Å². The highest BCUT2D eigenvalue weighted by Gasteiger charge is 2.53. The summed E-state index contributed by atoms with van der Waals surface area (Å²) in [6.07, 6.45) is 0.820. The summed E-state index contributed by atoms with van der Waals surface area (Å²) >= 11 is 6.48. The third-order valence-electron chi connectivity index (χ3n) is 5.53. The fraction of sp³-hybridized carbons (Fsp3) is 0.750. The molecule has 3 rings (SSSR count). The normalized spacial score (nSPS) is 28.4. The van der Waals surface area contributed by atoms with E-state index in [9.17, 15) is 9.18 Å². The highest BCUT2D eigenvalue weighted by atomic mass is 35.5. The van der Waals surface area contributed by atoms with Crippen LogP contribution in [0.25, 0.3) is 0 Å². The number of rotatable bonds is 2. The predicted octanol–water partition coefficient (Wildman–Crippen LogP) is 1.97. The molecule has 6 nitrogen and oxygen atoms in total. The Balaban J connectivity index is 1.80. The minimum absolute atomic E-state index is 0.0576. The van der Waals surface area contributed by atoms with Gasteiger partial charge in [-0.3, -0.25) is 4.79 Å². The molecule has 138 valence electrons. The molecule has 2 fully saturated rings. The number of halogens is 2. The van der Waals surface area contributed by atoms with Gasteiger partial charge in [-0.15, -0.1) is 0 Å². The van der Waals surface area contributed by atoms with E-state index in [-0.39, 0.29) is 12.5 Å². The van der Waals surface area contributed by atoms with Gasteiger partial charge in [-0.2, -0.15) is 5.10 Å². The lowest BCUT2D eigenvalue weighted by Crippen LogP contribution is -2.45. The van der Waals surface area contributed by atoms with Gasteiger partial charge in [-0.05, 0) is 34.1 Å². The van der Waals surface area contributed by atoms with Crippen molar-refractivity contribution < 1.29 is 18.5 Å². The van der Waals surface area contributed by atoms with Crippen LogP contribution >= 0.6 is 11.6 Å². The van der Waals surface area contributed by atoms with Crippen molar-refractivity contribution >= 4 is 30.1 Å².